The molecule has 7 aromatic rings. The predicted octanol–water partition coefficient (Wildman–Crippen LogP) is 4.56. The van der Waals surface area contributed by atoms with E-state index in [2.05, 4.69) is 25.8 Å². The van der Waals surface area contributed by atoms with Crippen molar-refractivity contribution >= 4 is 63.3 Å². The van der Waals surface area contributed by atoms with Crippen molar-refractivity contribution in [2.24, 2.45) is 11.5 Å². The maximum Gasteiger partial charge on any atom is 0.276 e. The fourth-order valence-corrected chi connectivity index (χ4v) is 7.03. The van der Waals surface area contributed by atoms with E-state index < -0.39 is 23.6 Å². The summed E-state index contributed by atoms with van der Waals surface area (Å²) in [5, 5.41) is 14.6. The quantitative estimate of drug-likeness (QED) is 0.0666. The van der Waals surface area contributed by atoms with E-state index in [1.165, 1.54) is 31.4 Å². The number of carbonyl (C=O) groups is 4. The molecule has 0 aliphatic rings. The molecule has 4 amide bonds. The molecule has 0 saturated heterocycles. The summed E-state index contributed by atoms with van der Waals surface area (Å²) in [6.45, 7) is 8.67. The van der Waals surface area contributed by atoms with E-state index in [0.29, 0.717) is 69.4 Å². The molecule has 4 aromatic heterocycles. The van der Waals surface area contributed by atoms with Crippen LogP contribution in [0.3, 0.4) is 0 Å². The van der Waals surface area contributed by atoms with Crippen molar-refractivity contribution in [3.05, 3.63) is 112 Å². The molecule has 0 radical (unpaired) electrons. The first-order valence-corrected chi connectivity index (χ1v) is 19.3. The van der Waals surface area contributed by atoms with E-state index in [1.54, 1.807) is 56.6 Å². The number of amides is 4. The lowest BCUT2D eigenvalue weighted by Gasteiger charge is -2.13. The first-order valence-electron chi connectivity index (χ1n) is 19.3. The van der Waals surface area contributed by atoms with Crippen LogP contribution in [0.4, 0.5) is 17.6 Å². The standard InChI is InChI=1S/C42H45N13O6/c1-6-54-31(15-23(3)50-54)39(58)48-41-46-29-18-26(37(44)56)20-33(60-5)35(29)52(41)13-8-9-14-53-36-30(47-42(53)49-40(59)32-16-24(4)51-55(32)7-2)19-27(38(45)57)21-34(36)61-22-25-11-10-12-28(43)17-25/h8-12,15-21H,6-7,13-14,22,43H2,1-5H3,(H2,44,56)(H2,45,57)(H,46,48,58)(H,47,49,59)/b9-8+. The minimum atomic E-state index is -0.693. The van der Waals surface area contributed by atoms with Gasteiger partial charge in [-0.3, -0.25) is 39.2 Å². The van der Waals surface area contributed by atoms with Crippen molar-refractivity contribution < 1.29 is 28.7 Å². The molecule has 0 spiro atoms. The summed E-state index contributed by atoms with van der Waals surface area (Å²) in [5.41, 5.74) is 22.7. The van der Waals surface area contributed by atoms with E-state index in [0.717, 1.165) is 5.56 Å². The van der Waals surface area contributed by atoms with Crippen LogP contribution in [-0.2, 0) is 32.8 Å². The van der Waals surface area contributed by atoms with Crippen LogP contribution in [0.1, 0.15) is 72.5 Å². The molecule has 0 unspecified atom stereocenters. The van der Waals surface area contributed by atoms with E-state index in [1.807, 2.05) is 38.1 Å². The number of fused-ring (bicyclic) bond motifs is 2. The fraction of sp³-hybridized carbons (Fsp3) is 0.238. The SMILES string of the molecule is CCn1nc(C)cc1C(=O)Nc1nc2cc(C(N)=O)cc(OC)c2n1C/C=C/Cn1c(NC(=O)c2cc(C)nn2CC)nc2cc(C(N)=O)cc(OCc3cccc(N)c3)c21. The predicted molar refractivity (Wildman–Crippen MR) is 229 cm³/mol. The van der Waals surface area contributed by atoms with Crippen LogP contribution in [0, 0.1) is 13.8 Å². The number of nitrogens with two attached hydrogens (primary N) is 3. The Labute approximate surface area is 349 Å². The lowest BCUT2D eigenvalue weighted by molar-refractivity contribution is 0.0991. The second-order valence-corrected chi connectivity index (χ2v) is 14.1. The zero-order chi connectivity index (χ0) is 43.5. The number of carbonyl (C=O) groups excluding carboxylic acids is 4. The molecular weight excluding hydrogens is 783 g/mol. The van der Waals surface area contributed by atoms with Crippen molar-refractivity contribution in [2.45, 2.75) is 60.5 Å². The molecule has 314 valence electrons. The highest BCUT2D eigenvalue weighted by Gasteiger charge is 2.24. The molecule has 8 N–H and O–H groups in total. The van der Waals surface area contributed by atoms with Crippen LogP contribution in [0.15, 0.2) is 72.8 Å². The van der Waals surface area contributed by atoms with Crippen LogP contribution < -0.4 is 37.3 Å². The van der Waals surface area contributed by atoms with Gasteiger partial charge in [0.1, 0.15) is 40.5 Å². The lowest BCUT2D eigenvalue weighted by atomic mass is 10.1. The number of imidazole rings is 2. The molecule has 4 heterocycles. The van der Waals surface area contributed by atoms with E-state index in [4.69, 9.17) is 31.7 Å². The monoisotopic (exact) mass is 827 g/mol. The summed E-state index contributed by atoms with van der Waals surface area (Å²) in [7, 11) is 1.46. The highest BCUT2D eigenvalue weighted by Crippen LogP contribution is 2.33. The molecular formula is C42H45N13O6. The highest BCUT2D eigenvalue weighted by molar-refractivity contribution is 6.05. The molecule has 19 nitrogen and oxygen atoms in total. The molecule has 19 heteroatoms. The van der Waals surface area contributed by atoms with Gasteiger partial charge in [-0.25, -0.2) is 9.97 Å². The number of aryl methyl sites for hydroxylation is 4. The number of hydrogen-bond donors (Lipinski definition) is 5. The Morgan fingerprint density at radius 3 is 1.66 bits per heavy atom. The minimum absolute atomic E-state index is 0.0974. The molecule has 0 saturated carbocycles. The molecule has 7 rings (SSSR count). The highest BCUT2D eigenvalue weighted by atomic mass is 16.5. The average Bonchev–Trinajstić information content (AvgIpc) is 4.00. The number of aromatic nitrogens is 8. The third kappa shape index (κ3) is 8.47. The number of benzene rings is 3. The molecule has 61 heavy (non-hydrogen) atoms. The smallest absolute Gasteiger partial charge is 0.276 e. The van der Waals surface area contributed by atoms with Gasteiger partial charge in [-0.05, 0) is 81.8 Å². The number of anilines is 3. The van der Waals surface area contributed by atoms with Gasteiger partial charge in [0, 0.05) is 43.0 Å². The van der Waals surface area contributed by atoms with Crippen molar-refractivity contribution in [1.29, 1.82) is 0 Å². The topological polar surface area (TPSA) is 260 Å². The van der Waals surface area contributed by atoms with E-state index >= 15 is 0 Å². The summed E-state index contributed by atoms with van der Waals surface area (Å²) < 4.78 is 18.7. The van der Waals surface area contributed by atoms with Gasteiger partial charge in [0.05, 0.1) is 29.5 Å². The normalized spacial score (nSPS) is 11.4. The van der Waals surface area contributed by atoms with Crippen molar-refractivity contribution in [2.75, 3.05) is 23.5 Å². The van der Waals surface area contributed by atoms with Crippen LogP contribution in [-0.4, -0.2) is 69.4 Å². The van der Waals surface area contributed by atoms with Crippen molar-refractivity contribution in [1.82, 2.24) is 38.7 Å². The molecule has 0 fully saturated rings. The lowest BCUT2D eigenvalue weighted by Crippen LogP contribution is -2.20. The van der Waals surface area contributed by atoms with Gasteiger partial charge in [-0.1, -0.05) is 24.3 Å². The maximum absolute atomic E-state index is 13.8. The van der Waals surface area contributed by atoms with Gasteiger partial charge in [-0.15, -0.1) is 0 Å². The van der Waals surface area contributed by atoms with Crippen LogP contribution in [0.5, 0.6) is 11.5 Å². The third-order valence-electron chi connectivity index (χ3n) is 9.81. The Morgan fingerprint density at radius 1 is 0.705 bits per heavy atom. The van der Waals surface area contributed by atoms with Gasteiger partial charge in [0.15, 0.2) is 0 Å². The molecule has 3 aromatic carbocycles. The number of methoxy groups -OCH3 is 1. The number of ether oxygens (including phenoxy) is 2. The zero-order valence-corrected chi connectivity index (χ0v) is 34.2. The number of nitrogens with one attached hydrogen (secondary N) is 2. The number of rotatable bonds is 16. The Bertz CT molecular complexity index is 2880. The Balaban J connectivity index is 1.29. The zero-order valence-electron chi connectivity index (χ0n) is 34.2. The Hall–Kier alpha value is -7.96. The summed E-state index contributed by atoms with van der Waals surface area (Å²) >= 11 is 0. The van der Waals surface area contributed by atoms with Gasteiger partial charge >= 0.3 is 0 Å². The molecule has 0 atom stereocenters. The average molecular weight is 828 g/mol. The van der Waals surface area contributed by atoms with E-state index in [9.17, 15) is 19.2 Å². The Kier molecular flexibility index (Phi) is 11.6. The number of hydrogen-bond acceptors (Lipinski definition) is 11. The number of primary amides is 2. The number of nitrogen functional groups attached to an aromatic ring is 1. The first-order chi connectivity index (χ1) is 29.3. The number of nitrogens with zero attached hydrogens (tertiary/aromatic N) is 8. The molecule has 0 aliphatic carbocycles. The Morgan fingerprint density at radius 2 is 1.20 bits per heavy atom. The maximum atomic E-state index is 13.8. The van der Waals surface area contributed by atoms with Gasteiger partial charge in [0.2, 0.25) is 23.7 Å². The van der Waals surface area contributed by atoms with Gasteiger partial charge in [0.25, 0.3) is 11.8 Å². The summed E-state index contributed by atoms with van der Waals surface area (Å²) in [5.74, 6) is -1.34. The van der Waals surface area contributed by atoms with Crippen molar-refractivity contribution in [3.63, 3.8) is 0 Å². The first kappa shape index (κ1) is 41.2. The minimum Gasteiger partial charge on any atom is -0.494 e. The number of allylic oxidation sites excluding steroid dienone is 2. The third-order valence-corrected chi connectivity index (χ3v) is 9.81. The van der Waals surface area contributed by atoms with Gasteiger partial charge in [-0.2, -0.15) is 10.2 Å². The fourth-order valence-electron chi connectivity index (χ4n) is 7.03. The second-order valence-electron chi connectivity index (χ2n) is 14.1. The van der Waals surface area contributed by atoms with Crippen LogP contribution >= 0.6 is 0 Å². The molecule has 0 aliphatic heterocycles. The second kappa shape index (κ2) is 17.1. The van der Waals surface area contributed by atoms with Crippen LogP contribution in [0.25, 0.3) is 22.1 Å². The summed E-state index contributed by atoms with van der Waals surface area (Å²) in [6.07, 6.45) is 3.66. The summed E-state index contributed by atoms with van der Waals surface area (Å²) in [6, 6.07) is 16.7. The summed E-state index contributed by atoms with van der Waals surface area (Å²) in [4.78, 5) is 61.6. The largest absolute Gasteiger partial charge is 0.494 e. The van der Waals surface area contributed by atoms with Crippen molar-refractivity contribution in [3.8, 4) is 11.5 Å². The van der Waals surface area contributed by atoms with Gasteiger partial charge < -0.3 is 35.8 Å². The van der Waals surface area contributed by atoms with Crippen LogP contribution in [0.2, 0.25) is 0 Å². The molecule has 0 bridgehead atoms. The van der Waals surface area contributed by atoms with E-state index in [-0.39, 0.29) is 48.5 Å².